The molecule has 9 heteroatoms. The van der Waals surface area contributed by atoms with Gasteiger partial charge in [-0.05, 0) is 55.7 Å². The Morgan fingerprint density at radius 2 is 1.85 bits per heavy atom. The van der Waals surface area contributed by atoms with Crippen LogP contribution >= 0.6 is 11.8 Å². The first-order valence-corrected chi connectivity index (χ1v) is 12.1. The van der Waals surface area contributed by atoms with Gasteiger partial charge in [-0.2, -0.15) is 0 Å². The number of alkyl halides is 2. The fourth-order valence-electron chi connectivity index (χ4n) is 7.22. The summed E-state index contributed by atoms with van der Waals surface area (Å²) < 4.78 is 32.5. The zero-order valence-corrected chi connectivity index (χ0v) is 20.3. The molecule has 0 aromatic heterocycles. The molecule has 0 aliphatic heterocycles. The summed E-state index contributed by atoms with van der Waals surface area (Å²) in [5, 5.41) is 21.7. The fraction of sp³-hybridized carbons (Fsp3) is 0.708. The molecule has 2 N–H and O–H groups in total. The highest BCUT2D eigenvalue weighted by Crippen LogP contribution is 2.71. The predicted molar refractivity (Wildman–Crippen MR) is 120 cm³/mol. The van der Waals surface area contributed by atoms with E-state index in [1.54, 1.807) is 13.8 Å². The van der Waals surface area contributed by atoms with Crippen molar-refractivity contribution < 1.29 is 33.4 Å². The summed E-state index contributed by atoms with van der Waals surface area (Å²) in [6.45, 7) is 4.83. The molecule has 1 amide bonds. The van der Waals surface area contributed by atoms with Gasteiger partial charge in [0.1, 0.15) is 11.8 Å². The molecular weight excluding hydrogens is 452 g/mol. The number of carbonyl (C=O) groups is 3. The monoisotopic (exact) mass is 483 g/mol. The fourth-order valence-corrected chi connectivity index (χ4v) is 8.15. The third-order valence-corrected chi connectivity index (χ3v) is 10.1. The summed E-state index contributed by atoms with van der Waals surface area (Å²) in [5.74, 6) is -2.63. The minimum atomic E-state index is -2.27. The highest BCUT2D eigenvalue weighted by molar-refractivity contribution is 8.26. The Balaban J connectivity index is 1.79. The van der Waals surface area contributed by atoms with Crippen molar-refractivity contribution in [1.29, 1.82) is 0 Å². The summed E-state index contributed by atoms with van der Waals surface area (Å²) in [6.07, 6.45) is 0.273. The van der Waals surface area contributed by atoms with Crippen LogP contribution in [-0.2, 0) is 9.59 Å². The second kappa shape index (κ2) is 7.46. The lowest BCUT2D eigenvalue weighted by molar-refractivity contribution is -0.221. The van der Waals surface area contributed by atoms with Crippen LogP contribution < -0.4 is 0 Å². The average Bonchev–Trinajstić information content (AvgIpc) is 2.93. The van der Waals surface area contributed by atoms with Crippen molar-refractivity contribution in [1.82, 2.24) is 4.90 Å². The molecule has 6 nitrogen and oxygen atoms in total. The SMILES string of the molecule is CC1CC2C3CC(F)C4=CC(=O)C=C[C@]4(C)[C@@]3(F)C(O)C[C@]2(C)[C@@]1(O)C(=O)SC(=O)N(C)C. The first-order chi connectivity index (χ1) is 15.1. The van der Waals surface area contributed by atoms with Crippen LogP contribution in [0.4, 0.5) is 13.6 Å². The zero-order valence-electron chi connectivity index (χ0n) is 19.5. The number of aliphatic hydroxyl groups is 2. The first kappa shape index (κ1) is 24.5. The Morgan fingerprint density at radius 1 is 1.21 bits per heavy atom. The minimum Gasteiger partial charge on any atom is -0.390 e. The molecule has 3 saturated carbocycles. The molecule has 4 aliphatic rings. The van der Waals surface area contributed by atoms with Crippen LogP contribution in [0.5, 0.6) is 0 Å². The zero-order chi connectivity index (χ0) is 24.7. The number of thioether (sulfide) groups is 1. The van der Waals surface area contributed by atoms with Gasteiger partial charge in [-0.25, -0.2) is 8.78 Å². The number of nitrogens with zero attached hydrogens (tertiary/aromatic N) is 1. The van der Waals surface area contributed by atoms with E-state index in [-0.39, 0.29) is 24.8 Å². The van der Waals surface area contributed by atoms with Crippen LogP contribution in [0.25, 0.3) is 0 Å². The molecule has 4 aliphatic carbocycles. The number of hydrogen-bond donors (Lipinski definition) is 2. The second-order valence-electron chi connectivity index (χ2n) is 10.8. The van der Waals surface area contributed by atoms with E-state index >= 15 is 8.78 Å². The predicted octanol–water partition coefficient (Wildman–Crippen LogP) is 3.22. The van der Waals surface area contributed by atoms with Gasteiger partial charge in [0.25, 0.3) is 5.24 Å². The molecule has 0 aromatic carbocycles. The van der Waals surface area contributed by atoms with Crippen molar-refractivity contribution in [3.05, 3.63) is 23.8 Å². The molecule has 3 fully saturated rings. The molecule has 0 saturated heterocycles. The van der Waals surface area contributed by atoms with Crippen LogP contribution in [0.1, 0.15) is 40.0 Å². The normalized spacial score (nSPS) is 48.5. The van der Waals surface area contributed by atoms with Crippen LogP contribution in [0.15, 0.2) is 23.8 Å². The topological polar surface area (TPSA) is 94.9 Å². The highest BCUT2D eigenvalue weighted by atomic mass is 32.2. The van der Waals surface area contributed by atoms with Crippen molar-refractivity contribution in [2.24, 2.45) is 28.6 Å². The lowest BCUT2D eigenvalue weighted by Gasteiger charge is -2.63. The summed E-state index contributed by atoms with van der Waals surface area (Å²) in [4.78, 5) is 38.6. The number of amides is 1. The molecular formula is C24H31F2NO5S. The van der Waals surface area contributed by atoms with Crippen molar-refractivity contribution in [2.45, 2.75) is 63.6 Å². The minimum absolute atomic E-state index is 0.0286. The van der Waals surface area contributed by atoms with Gasteiger partial charge >= 0.3 is 0 Å². The third-order valence-electron chi connectivity index (χ3n) is 9.07. The molecule has 0 heterocycles. The van der Waals surface area contributed by atoms with Crippen LogP contribution in [0, 0.1) is 28.6 Å². The molecule has 9 atom stereocenters. The molecule has 182 valence electrons. The van der Waals surface area contributed by atoms with E-state index in [1.807, 2.05) is 0 Å². The standard InChI is InChI=1S/C24H31F2NO5S/c1-12-8-14-15-10-17(25)16-9-13(28)6-7-21(16,2)23(15,26)18(29)11-22(14,3)24(12,32)19(30)33-20(31)27(4)5/h6-7,9,12,14-15,17-18,29,32H,8,10-11H2,1-5H3/t12?,14?,15?,17?,18?,21-,22-,23-,24-/m0/s1. The van der Waals surface area contributed by atoms with Gasteiger partial charge in [-0.1, -0.05) is 19.9 Å². The molecule has 33 heavy (non-hydrogen) atoms. The van der Waals surface area contributed by atoms with Crippen LogP contribution in [-0.4, -0.2) is 68.9 Å². The van der Waals surface area contributed by atoms with E-state index < -0.39 is 68.3 Å². The summed E-state index contributed by atoms with van der Waals surface area (Å²) in [7, 11) is 2.99. The molecule has 5 unspecified atom stereocenters. The molecule has 4 rings (SSSR count). The van der Waals surface area contributed by atoms with E-state index in [0.29, 0.717) is 11.8 Å². The number of aliphatic hydroxyl groups excluding tert-OH is 1. The van der Waals surface area contributed by atoms with E-state index in [4.69, 9.17) is 0 Å². The number of hydrogen-bond acceptors (Lipinski definition) is 6. The van der Waals surface area contributed by atoms with E-state index in [9.17, 15) is 24.6 Å². The maximum absolute atomic E-state index is 17.1. The van der Waals surface area contributed by atoms with Crippen molar-refractivity contribution in [3.8, 4) is 0 Å². The van der Waals surface area contributed by atoms with Gasteiger partial charge in [0.05, 0.1) is 6.10 Å². The smallest absolute Gasteiger partial charge is 0.288 e. The average molecular weight is 484 g/mol. The maximum atomic E-state index is 17.1. The van der Waals surface area contributed by atoms with Gasteiger partial charge in [-0.3, -0.25) is 14.4 Å². The Bertz CT molecular complexity index is 984. The van der Waals surface area contributed by atoms with Gasteiger partial charge < -0.3 is 15.1 Å². The summed E-state index contributed by atoms with van der Waals surface area (Å²) in [5.41, 5.74) is -7.01. The van der Waals surface area contributed by atoms with Gasteiger partial charge in [0, 0.05) is 42.6 Å². The number of allylic oxidation sites excluding steroid dienone is 4. The van der Waals surface area contributed by atoms with Crippen LogP contribution in [0.3, 0.4) is 0 Å². The van der Waals surface area contributed by atoms with Crippen molar-refractivity contribution in [3.63, 3.8) is 0 Å². The quantitative estimate of drug-likeness (QED) is 0.595. The van der Waals surface area contributed by atoms with E-state index in [2.05, 4.69) is 0 Å². The lowest BCUT2D eigenvalue weighted by atomic mass is 9.44. The van der Waals surface area contributed by atoms with Crippen LogP contribution in [0.2, 0.25) is 0 Å². The summed E-state index contributed by atoms with van der Waals surface area (Å²) in [6, 6.07) is 0. The summed E-state index contributed by atoms with van der Waals surface area (Å²) >= 11 is 0.401. The van der Waals surface area contributed by atoms with Crippen molar-refractivity contribution >= 4 is 27.9 Å². The Kier molecular flexibility index (Phi) is 5.55. The van der Waals surface area contributed by atoms with Gasteiger partial charge in [0.15, 0.2) is 11.5 Å². The molecule has 0 radical (unpaired) electrons. The molecule has 0 aromatic rings. The number of rotatable bonds is 1. The number of ketones is 1. The molecule has 0 bridgehead atoms. The van der Waals surface area contributed by atoms with Crippen molar-refractivity contribution in [2.75, 3.05) is 14.1 Å². The largest absolute Gasteiger partial charge is 0.390 e. The van der Waals surface area contributed by atoms with Gasteiger partial charge in [0.2, 0.25) is 5.12 Å². The van der Waals surface area contributed by atoms with Gasteiger partial charge in [-0.15, -0.1) is 0 Å². The number of fused-ring (bicyclic) bond motifs is 5. The van der Waals surface area contributed by atoms with E-state index in [0.717, 1.165) is 6.08 Å². The van der Waals surface area contributed by atoms with E-state index in [1.165, 1.54) is 38.1 Å². The number of halogens is 2. The third kappa shape index (κ3) is 2.94. The Hall–Kier alpha value is -1.58. The maximum Gasteiger partial charge on any atom is 0.288 e. The number of carbonyl (C=O) groups excluding carboxylic acids is 3. The lowest BCUT2D eigenvalue weighted by Crippen LogP contribution is -2.70. The highest BCUT2D eigenvalue weighted by Gasteiger charge is 2.76. The molecule has 0 spiro atoms. The first-order valence-electron chi connectivity index (χ1n) is 11.3. The Morgan fingerprint density at radius 3 is 2.45 bits per heavy atom. The second-order valence-corrected chi connectivity index (χ2v) is 11.7. The Labute approximate surface area is 196 Å².